The molecule has 0 spiro atoms. The summed E-state index contributed by atoms with van der Waals surface area (Å²) in [7, 11) is 0. The zero-order valence-electron chi connectivity index (χ0n) is 6.81. The van der Waals surface area contributed by atoms with Gasteiger partial charge in [0.25, 0.3) is 0 Å². The largest absolute Gasteiger partial charge is 0.392 e. The van der Waals surface area contributed by atoms with Crippen molar-refractivity contribution in [2.24, 2.45) is 23.7 Å². The SMILES string of the molecule is O=C1[C@H]2C=C[C@@H]1[C@H]1CC[C@@H]2C1O. The summed E-state index contributed by atoms with van der Waals surface area (Å²) >= 11 is 0. The van der Waals surface area contributed by atoms with Gasteiger partial charge in [0.2, 0.25) is 0 Å². The fourth-order valence-corrected chi connectivity index (χ4v) is 3.19. The molecule has 3 rings (SSSR count). The van der Waals surface area contributed by atoms with Crippen LogP contribution < -0.4 is 0 Å². The summed E-state index contributed by atoms with van der Waals surface area (Å²) in [5, 5.41) is 9.82. The number of hydrogen-bond donors (Lipinski definition) is 1. The van der Waals surface area contributed by atoms with Gasteiger partial charge in [0.05, 0.1) is 6.10 Å². The van der Waals surface area contributed by atoms with Gasteiger partial charge in [-0.1, -0.05) is 12.2 Å². The highest BCUT2D eigenvalue weighted by Gasteiger charge is 2.53. The first-order chi connectivity index (χ1) is 5.79. The Kier molecular flexibility index (Phi) is 1.14. The van der Waals surface area contributed by atoms with Crippen molar-refractivity contribution in [2.45, 2.75) is 18.9 Å². The Hall–Kier alpha value is -0.630. The van der Waals surface area contributed by atoms with Crippen molar-refractivity contribution in [3.8, 4) is 0 Å². The Bertz CT molecular complexity index is 245. The normalized spacial score (nSPS) is 55.1. The van der Waals surface area contributed by atoms with Gasteiger partial charge in [-0.05, 0) is 24.7 Å². The number of aliphatic hydroxyl groups is 1. The molecule has 0 aliphatic heterocycles. The van der Waals surface area contributed by atoms with Crippen LogP contribution in [0.2, 0.25) is 0 Å². The number of aliphatic hydroxyl groups excluding tert-OH is 1. The van der Waals surface area contributed by atoms with Gasteiger partial charge < -0.3 is 5.11 Å². The van der Waals surface area contributed by atoms with E-state index in [9.17, 15) is 9.90 Å². The molecule has 0 aromatic rings. The predicted octanol–water partition coefficient (Wildman–Crippen LogP) is 0.758. The molecule has 1 unspecified atom stereocenters. The molecule has 4 bridgehead atoms. The minimum Gasteiger partial charge on any atom is -0.392 e. The van der Waals surface area contributed by atoms with Crippen LogP contribution in [0.4, 0.5) is 0 Å². The molecule has 2 heteroatoms. The zero-order chi connectivity index (χ0) is 8.29. The molecule has 0 amide bonds. The van der Waals surface area contributed by atoms with Crippen LogP contribution in [-0.2, 0) is 4.79 Å². The summed E-state index contributed by atoms with van der Waals surface area (Å²) in [6, 6.07) is 0. The maximum atomic E-state index is 11.6. The zero-order valence-corrected chi connectivity index (χ0v) is 6.81. The van der Waals surface area contributed by atoms with Crippen molar-refractivity contribution in [3.63, 3.8) is 0 Å². The number of carbonyl (C=O) groups excluding carboxylic acids is 1. The van der Waals surface area contributed by atoms with Crippen LogP contribution in [-0.4, -0.2) is 17.0 Å². The smallest absolute Gasteiger partial charge is 0.147 e. The van der Waals surface area contributed by atoms with E-state index in [1.807, 2.05) is 12.2 Å². The molecule has 64 valence electrons. The molecule has 3 aliphatic rings. The number of carbonyl (C=O) groups is 1. The Morgan fingerprint density at radius 3 is 2.17 bits per heavy atom. The summed E-state index contributed by atoms with van der Waals surface area (Å²) in [6.45, 7) is 0. The molecular formula is C10H12O2. The van der Waals surface area contributed by atoms with E-state index in [0.29, 0.717) is 5.78 Å². The first-order valence-electron chi connectivity index (χ1n) is 4.69. The molecule has 12 heavy (non-hydrogen) atoms. The van der Waals surface area contributed by atoms with Gasteiger partial charge in [0.15, 0.2) is 0 Å². The van der Waals surface area contributed by atoms with E-state index in [0.717, 1.165) is 12.8 Å². The van der Waals surface area contributed by atoms with E-state index in [4.69, 9.17) is 0 Å². The van der Waals surface area contributed by atoms with E-state index >= 15 is 0 Å². The molecule has 0 aromatic carbocycles. The second kappa shape index (κ2) is 1.99. The predicted molar refractivity (Wildman–Crippen MR) is 43.3 cm³/mol. The minimum absolute atomic E-state index is 0.0590. The van der Waals surface area contributed by atoms with Crippen molar-refractivity contribution in [2.75, 3.05) is 0 Å². The standard InChI is InChI=1S/C10H12O2/c11-9-5-1-2-6(9)8-4-3-7(5)10(8)12/h1-2,5-8,10,12H,3-4H2/t5-,6+,7-,8+,10?. The molecule has 1 N–H and O–H groups in total. The van der Waals surface area contributed by atoms with Gasteiger partial charge in [-0.25, -0.2) is 0 Å². The average Bonchev–Trinajstić information content (AvgIpc) is 2.41. The van der Waals surface area contributed by atoms with Crippen molar-refractivity contribution < 1.29 is 9.90 Å². The molecule has 2 fully saturated rings. The molecule has 2 saturated carbocycles. The van der Waals surface area contributed by atoms with E-state index in [1.54, 1.807) is 0 Å². The third-order valence-electron chi connectivity index (χ3n) is 3.82. The average molecular weight is 164 g/mol. The first-order valence-corrected chi connectivity index (χ1v) is 4.69. The van der Waals surface area contributed by atoms with Gasteiger partial charge in [-0.15, -0.1) is 0 Å². The summed E-state index contributed by atoms with van der Waals surface area (Å²) in [4.78, 5) is 11.6. The molecule has 5 atom stereocenters. The van der Waals surface area contributed by atoms with E-state index in [-0.39, 0.29) is 29.8 Å². The minimum atomic E-state index is -0.201. The molecule has 2 nitrogen and oxygen atoms in total. The molecule has 0 radical (unpaired) electrons. The summed E-state index contributed by atoms with van der Waals surface area (Å²) < 4.78 is 0. The van der Waals surface area contributed by atoms with E-state index in [2.05, 4.69) is 0 Å². The van der Waals surface area contributed by atoms with Crippen molar-refractivity contribution in [1.82, 2.24) is 0 Å². The first kappa shape index (κ1) is 6.84. The number of allylic oxidation sites excluding steroid dienone is 2. The topological polar surface area (TPSA) is 37.3 Å². The van der Waals surface area contributed by atoms with Gasteiger partial charge in [0, 0.05) is 11.8 Å². The highest BCUT2D eigenvalue weighted by atomic mass is 16.3. The number of ketones is 1. The fourth-order valence-electron chi connectivity index (χ4n) is 3.19. The molecule has 0 saturated heterocycles. The van der Waals surface area contributed by atoms with Crippen LogP contribution in [0.1, 0.15) is 12.8 Å². The van der Waals surface area contributed by atoms with Crippen LogP contribution in [0.15, 0.2) is 12.2 Å². The summed E-state index contributed by atoms with van der Waals surface area (Å²) in [5.41, 5.74) is 0. The Morgan fingerprint density at radius 1 is 1.17 bits per heavy atom. The Labute approximate surface area is 71.3 Å². The van der Waals surface area contributed by atoms with Crippen LogP contribution in [0.3, 0.4) is 0 Å². The van der Waals surface area contributed by atoms with E-state index < -0.39 is 0 Å². The third kappa shape index (κ3) is 0.589. The summed E-state index contributed by atoms with van der Waals surface area (Å²) in [6.07, 6.45) is 5.92. The maximum Gasteiger partial charge on any atom is 0.147 e. The second-order valence-electron chi connectivity index (χ2n) is 4.23. The number of rotatable bonds is 0. The van der Waals surface area contributed by atoms with Crippen molar-refractivity contribution >= 4 is 5.78 Å². The Balaban J connectivity index is 2.09. The van der Waals surface area contributed by atoms with Crippen LogP contribution >= 0.6 is 0 Å². The lowest BCUT2D eigenvalue weighted by Crippen LogP contribution is -2.40. The molecular weight excluding hydrogens is 152 g/mol. The fraction of sp³-hybridized carbons (Fsp3) is 0.700. The van der Waals surface area contributed by atoms with Crippen molar-refractivity contribution in [1.29, 1.82) is 0 Å². The lowest BCUT2D eigenvalue weighted by atomic mass is 9.75. The second-order valence-corrected chi connectivity index (χ2v) is 4.23. The third-order valence-corrected chi connectivity index (χ3v) is 3.82. The number of Topliss-reactive ketones (excluding diaryl/α,β-unsaturated/α-hetero) is 1. The van der Waals surface area contributed by atoms with Crippen LogP contribution in [0.25, 0.3) is 0 Å². The lowest BCUT2D eigenvalue weighted by molar-refractivity contribution is -0.131. The quantitative estimate of drug-likeness (QED) is 0.537. The van der Waals surface area contributed by atoms with Gasteiger partial charge >= 0.3 is 0 Å². The van der Waals surface area contributed by atoms with Gasteiger partial charge in [-0.2, -0.15) is 0 Å². The number of hydrogen-bond acceptors (Lipinski definition) is 2. The molecule has 0 heterocycles. The lowest BCUT2D eigenvalue weighted by Gasteiger charge is -2.30. The van der Waals surface area contributed by atoms with Crippen LogP contribution in [0.5, 0.6) is 0 Å². The van der Waals surface area contributed by atoms with Gasteiger partial charge in [-0.3, -0.25) is 4.79 Å². The maximum absolute atomic E-state index is 11.6. The Morgan fingerprint density at radius 2 is 1.67 bits per heavy atom. The summed E-state index contributed by atoms with van der Waals surface area (Å²) in [5.74, 6) is 0.982. The van der Waals surface area contributed by atoms with Crippen molar-refractivity contribution in [3.05, 3.63) is 12.2 Å². The number of fused-ring (bicyclic) bond motifs is 6. The highest BCUT2D eigenvalue weighted by Crippen LogP contribution is 2.50. The van der Waals surface area contributed by atoms with Crippen LogP contribution in [0, 0.1) is 23.7 Å². The monoisotopic (exact) mass is 164 g/mol. The van der Waals surface area contributed by atoms with Gasteiger partial charge in [0.1, 0.15) is 5.78 Å². The molecule has 3 aliphatic carbocycles. The molecule has 0 aromatic heterocycles. The van der Waals surface area contributed by atoms with E-state index in [1.165, 1.54) is 0 Å². The highest BCUT2D eigenvalue weighted by molar-refractivity contribution is 5.91.